The number of hydrogen-bond donors (Lipinski definition) is 2. The highest BCUT2D eigenvalue weighted by atomic mass is 16.1. The number of rotatable bonds is 3. The Labute approximate surface area is 121 Å². The van der Waals surface area contributed by atoms with E-state index in [1.807, 2.05) is 42.5 Å². The fourth-order valence-electron chi connectivity index (χ4n) is 2.17. The molecule has 0 atom stereocenters. The summed E-state index contributed by atoms with van der Waals surface area (Å²) in [5.41, 5.74) is 6.76. The number of anilines is 1. The molecule has 0 aliphatic heterocycles. The standard InChI is InChI=1S/C16H14N4O/c17-15-10-18-14(9-19-15)16(21)20-8-12-6-3-5-11-4-1-2-7-13(11)12/h1-7,9-10H,8H2,(H2,17,19)(H,20,21). The topological polar surface area (TPSA) is 80.9 Å². The largest absolute Gasteiger partial charge is 0.382 e. The van der Waals surface area contributed by atoms with E-state index in [-0.39, 0.29) is 11.6 Å². The Morgan fingerprint density at radius 3 is 2.67 bits per heavy atom. The summed E-state index contributed by atoms with van der Waals surface area (Å²) in [6.07, 6.45) is 2.74. The normalized spacial score (nSPS) is 10.5. The number of aromatic nitrogens is 2. The van der Waals surface area contributed by atoms with E-state index in [0.29, 0.717) is 12.4 Å². The van der Waals surface area contributed by atoms with Gasteiger partial charge in [-0.15, -0.1) is 0 Å². The van der Waals surface area contributed by atoms with E-state index in [1.165, 1.54) is 12.4 Å². The predicted molar refractivity (Wildman–Crippen MR) is 81.6 cm³/mol. The molecule has 104 valence electrons. The maximum atomic E-state index is 12.0. The molecule has 1 amide bonds. The van der Waals surface area contributed by atoms with Crippen molar-refractivity contribution in [1.29, 1.82) is 0 Å². The van der Waals surface area contributed by atoms with Gasteiger partial charge in [0.15, 0.2) is 0 Å². The lowest BCUT2D eigenvalue weighted by Gasteiger charge is -2.08. The van der Waals surface area contributed by atoms with E-state index in [2.05, 4.69) is 15.3 Å². The molecule has 1 aromatic heterocycles. The van der Waals surface area contributed by atoms with E-state index in [1.54, 1.807) is 0 Å². The summed E-state index contributed by atoms with van der Waals surface area (Å²) in [6, 6.07) is 14.1. The van der Waals surface area contributed by atoms with Crippen molar-refractivity contribution in [3.05, 3.63) is 66.1 Å². The smallest absolute Gasteiger partial charge is 0.271 e. The second-order valence-corrected chi connectivity index (χ2v) is 4.65. The first-order valence-electron chi connectivity index (χ1n) is 6.56. The molecule has 0 aliphatic carbocycles. The van der Waals surface area contributed by atoms with Crippen molar-refractivity contribution in [1.82, 2.24) is 15.3 Å². The summed E-state index contributed by atoms with van der Waals surface area (Å²) in [5, 5.41) is 5.12. The highest BCUT2D eigenvalue weighted by molar-refractivity contribution is 5.92. The molecule has 5 heteroatoms. The number of nitrogen functional groups attached to an aromatic ring is 1. The van der Waals surface area contributed by atoms with Crippen molar-refractivity contribution in [3.8, 4) is 0 Å². The van der Waals surface area contributed by atoms with Crippen LogP contribution in [-0.2, 0) is 6.54 Å². The van der Waals surface area contributed by atoms with Crippen molar-refractivity contribution in [2.75, 3.05) is 5.73 Å². The minimum atomic E-state index is -0.268. The number of hydrogen-bond acceptors (Lipinski definition) is 4. The fourth-order valence-corrected chi connectivity index (χ4v) is 2.17. The summed E-state index contributed by atoms with van der Waals surface area (Å²) in [6.45, 7) is 0.437. The minimum absolute atomic E-state index is 0.254. The Morgan fingerprint density at radius 1 is 1.05 bits per heavy atom. The van der Waals surface area contributed by atoms with Crippen LogP contribution in [0.1, 0.15) is 16.1 Å². The zero-order chi connectivity index (χ0) is 14.7. The molecule has 0 aliphatic rings. The van der Waals surface area contributed by atoms with Gasteiger partial charge in [-0.1, -0.05) is 42.5 Å². The molecule has 0 saturated heterocycles. The van der Waals surface area contributed by atoms with Crippen LogP contribution in [0, 0.1) is 0 Å². The summed E-state index contributed by atoms with van der Waals surface area (Å²) in [5.74, 6) is 0.0241. The molecule has 0 bridgehead atoms. The maximum absolute atomic E-state index is 12.0. The first kappa shape index (κ1) is 13.1. The molecule has 3 rings (SSSR count). The van der Waals surface area contributed by atoms with Crippen LogP contribution < -0.4 is 11.1 Å². The third kappa shape index (κ3) is 2.81. The number of fused-ring (bicyclic) bond motifs is 1. The van der Waals surface area contributed by atoms with Crippen LogP contribution in [0.25, 0.3) is 10.8 Å². The highest BCUT2D eigenvalue weighted by Crippen LogP contribution is 2.18. The van der Waals surface area contributed by atoms with Gasteiger partial charge in [0.05, 0.1) is 12.4 Å². The van der Waals surface area contributed by atoms with E-state index in [0.717, 1.165) is 16.3 Å². The molecular weight excluding hydrogens is 264 g/mol. The summed E-state index contributed by atoms with van der Waals surface area (Å²) in [7, 11) is 0. The fraction of sp³-hybridized carbons (Fsp3) is 0.0625. The van der Waals surface area contributed by atoms with E-state index < -0.39 is 0 Å². The molecule has 0 spiro atoms. The Morgan fingerprint density at radius 2 is 1.86 bits per heavy atom. The van der Waals surface area contributed by atoms with Gasteiger partial charge < -0.3 is 11.1 Å². The van der Waals surface area contributed by atoms with Gasteiger partial charge in [0, 0.05) is 6.54 Å². The molecular formula is C16H14N4O. The van der Waals surface area contributed by atoms with Gasteiger partial charge in [-0.3, -0.25) is 4.79 Å². The lowest BCUT2D eigenvalue weighted by Crippen LogP contribution is -2.24. The SMILES string of the molecule is Nc1cnc(C(=O)NCc2cccc3ccccc23)cn1. The lowest BCUT2D eigenvalue weighted by molar-refractivity contribution is 0.0945. The summed E-state index contributed by atoms with van der Waals surface area (Å²) in [4.78, 5) is 19.8. The summed E-state index contributed by atoms with van der Waals surface area (Å²) >= 11 is 0. The quantitative estimate of drug-likeness (QED) is 0.769. The van der Waals surface area contributed by atoms with Crippen LogP contribution >= 0.6 is 0 Å². The van der Waals surface area contributed by atoms with E-state index >= 15 is 0 Å². The second kappa shape index (κ2) is 5.58. The average Bonchev–Trinajstić information content (AvgIpc) is 2.53. The maximum Gasteiger partial charge on any atom is 0.271 e. The van der Waals surface area contributed by atoms with Crippen LogP contribution in [0.15, 0.2) is 54.9 Å². The molecule has 3 aromatic rings. The first-order valence-corrected chi connectivity index (χ1v) is 6.56. The average molecular weight is 278 g/mol. The first-order chi connectivity index (χ1) is 10.2. The van der Waals surface area contributed by atoms with Crippen molar-refractivity contribution in [3.63, 3.8) is 0 Å². The molecule has 0 radical (unpaired) electrons. The Kier molecular flexibility index (Phi) is 3.47. The third-order valence-corrected chi connectivity index (χ3v) is 3.22. The Hall–Kier alpha value is -2.95. The van der Waals surface area contributed by atoms with Crippen molar-refractivity contribution < 1.29 is 4.79 Å². The van der Waals surface area contributed by atoms with Gasteiger partial charge in [-0.25, -0.2) is 9.97 Å². The zero-order valence-electron chi connectivity index (χ0n) is 11.3. The number of nitrogens with zero attached hydrogens (tertiary/aromatic N) is 2. The Balaban J connectivity index is 1.77. The monoisotopic (exact) mass is 278 g/mol. The Bertz CT molecular complexity index is 778. The number of amides is 1. The number of carbonyl (C=O) groups excluding carboxylic acids is 1. The lowest BCUT2D eigenvalue weighted by atomic mass is 10.0. The van der Waals surface area contributed by atoms with E-state index in [9.17, 15) is 4.79 Å². The predicted octanol–water partition coefficient (Wildman–Crippen LogP) is 2.14. The van der Waals surface area contributed by atoms with Crippen LogP contribution in [0.4, 0.5) is 5.82 Å². The van der Waals surface area contributed by atoms with Crippen LogP contribution in [0.3, 0.4) is 0 Å². The second-order valence-electron chi connectivity index (χ2n) is 4.65. The van der Waals surface area contributed by atoms with Crippen molar-refractivity contribution in [2.45, 2.75) is 6.54 Å². The minimum Gasteiger partial charge on any atom is -0.382 e. The molecule has 0 unspecified atom stereocenters. The number of carbonyl (C=O) groups is 1. The van der Waals surface area contributed by atoms with Gasteiger partial charge in [0.2, 0.25) is 0 Å². The van der Waals surface area contributed by atoms with Gasteiger partial charge >= 0.3 is 0 Å². The van der Waals surface area contributed by atoms with Crippen LogP contribution in [0.2, 0.25) is 0 Å². The molecule has 5 nitrogen and oxygen atoms in total. The third-order valence-electron chi connectivity index (χ3n) is 3.22. The van der Waals surface area contributed by atoms with Crippen LogP contribution in [-0.4, -0.2) is 15.9 Å². The van der Waals surface area contributed by atoms with Gasteiger partial charge in [0.1, 0.15) is 11.5 Å². The van der Waals surface area contributed by atoms with Crippen LogP contribution in [0.5, 0.6) is 0 Å². The van der Waals surface area contributed by atoms with Crippen molar-refractivity contribution in [2.24, 2.45) is 0 Å². The molecule has 21 heavy (non-hydrogen) atoms. The van der Waals surface area contributed by atoms with Gasteiger partial charge in [-0.2, -0.15) is 0 Å². The van der Waals surface area contributed by atoms with E-state index in [4.69, 9.17) is 5.73 Å². The van der Waals surface area contributed by atoms with Crippen molar-refractivity contribution >= 4 is 22.5 Å². The number of nitrogens with two attached hydrogens (primary N) is 1. The molecule has 0 fully saturated rings. The highest BCUT2D eigenvalue weighted by Gasteiger charge is 2.08. The molecule has 2 aromatic carbocycles. The molecule has 1 heterocycles. The number of benzene rings is 2. The molecule has 3 N–H and O–H groups in total. The summed E-state index contributed by atoms with van der Waals surface area (Å²) < 4.78 is 0. The van der Waals surface area contributed by atoms with Gasteiger partial charge in [0.25, 0.3) is 5.91 Å². The zero-order valence-corrected chi connectivity index (χ0v) is 11.3. The molecule has 0 saturated carbocycles. The van der Waals surface area contributed by atoms with Gasteiger partial charge in [-0.05, 0) is 16.3 Å². The number of nitrogens with one attached hydrogen (secondary N) is 1.